The highest BCUT2D eigenvalue weighted by Crippen LogP contribution is 2.01. The molecule has 0 rings (SSSR count). The summed E-state index contributed by atoms with van der Waals surface area (Å²) >= 11 is 0. The average molecular weight is 283 g/mol. The van der Waals surface area contributed by atoms with Crippen LogP contribution in [0.1, 0.15) is 19.3 Å². The number of sulfonamides is 1. The van der Waals surface area contributed by atoms with Gasteiger partial charge in [0, 0.05) is 20.1 Å². The molecule has 18 heavy (non-hydrogen) atoms. The summed E-state index contributed by atoms with van der Waals surface area (Å²) in [5.41, 5.74) is 0. The smallest absolute Gasteiger partial charge is 0.321 e. The monoisotopic (exact) mass is 283 g/mol. The molecule has 0 aliphatic rings. The largest absolute Gasteiger partial charge is 0.481 e. The topological polar surface area (TPSA) is 130 Å². The number of aliphatic carboxylic acids is 2. The van der Waals surface area contributed by atoms with Gasteiger partial charge in [0.25, 0.3) is 0 Å². The van der Waals surface area contributed by atoms with Crippen molar-refractivity contribution in [2.75, 3.05) is 19.5 Å². The van der Waals surface area contributed by atoms with Crippen molar-refractivity contribution in [3.63, 3.8) is 0 Å². The van der Waals surface area contributed by atoms with Crippen molar-refractivity contribution in [2.24, 2.45) is 0 Å². The Kier molecular flexibility index (Phi) is 7.48. The third kappa shape index (κ3) is 7.98. The lowest BCUT2D eigenvalue weighted by molar-refractivity contribution is -0.140. The molecular formula is C9H17NO7S. The van der Waals surface area contributed by atoms with Gasteiger partial charge in [-0.15, -0.1) is 0 Å². The van der Waals surface area contributed by atoms with Gasteiger partial charge in [0.15, 0.2) is 0 Å². The molecule has 0 saturated carbocycles. The molecule has 0 amide bonds. The van der Waals surface area contributed by atoms with E-state index in [1.54, 1.807) is 0 Å². The lowest BCUT2D eigenvalue weighted by Gasteiger charge is -2.13. The van der Waals surface area contributed by atoms with Crippen molar-refractivity contribution in [1.29, 1.82) is 0 Å². The van der Waals surface area contributed by atoms with Crippen molar-refractivity contribution >= 4 is 22.0 Å². The van der Waals surface area contributed by atoms with E-state index < -0.39 is 34.4 Å². The molecule has 1 atom stereocenters. The molecule has 0 fully saturated rings. The summed E-state index contributed by atoms with van der Waals surface area (Å²) in [5.74, 6) is -2.84. The third-order valence-electron chi connectivity index (χ3n) is 2.03. The predicted octanol–water partition coefficient (Wildman–Crippen LogP) is -0.740. The Morgan fingerprint density at radius 3 is 2.39 bits per heavy atom. The fraction of sp³-hybridized carbons (Fsp3) is 0.778. The number of hydrogen-bond acceptors (Lipinski definition) is 5. The molecule has 0 aromatic rings. The van der Waals surface area contributed by atoms with Crippen molar-refractivity contribution in [1.82, 2.24) is 4.72 Å². The summed E-state index contributed by atoms with van der Waals surface area (Å²) in [5, 5.41) is 17.2. The number of carboxylic acids is 2. The Morgan fingerprint density at radius 1 is 1.33 bits per heavy atom. The summed E-state index contributed by atoms with van der Waals surface area (Å²) in [6, 6.07) is -1.42. The van der Waals surface area contributed by atoms with Crippen LogP contribution in [0.4, 0.5) is 0 Å². The Hall–Kier alpha value is -1.19. The zero-order valence-electron chi connectivity index (χ0n) is 9.96. The molecule has 0 unspecified atom stereocenters. The molecule has 0 radical (unpaired) electrons. The van der Waals surface area contributed by atoms with E-state index in [9.17, 15) is 18.0 Å². The molecule has 8 nitrogen and oxygen atoms in total. The predicted molar refractivity (Wildman–Crippen MR) is 61.7 cm³/mol. The maximum absolute atomic E-state index is 11.5. The van der Waals surface area contributed by atoms with Crippen molar-refractivity contribution < 1.29 is 33.0 Å². The first kappa shape index (κ1) is 16.8. The molecule has 3 N–H and O–H groups in total. The van der Waals surface area contributed by atoms with Gasteiger partial charge in [0.2, 0.25) is 10.0 Å². The Balaban J connectivity index is 4.38. The summed E-state index contributed by atoms with van der Waals surface area (Å²) in [6.07, 6.45) is -0.483. The van der Waals surface area contributed by atoms with E-state index in [2.05, 4.69) is 4.74 Å². The van der Waals surface area contributed by atoms with Gasteiger partial charge in [-0.2, -0.15) is 0 Å². The molecule has 0 heterocycles. The first-order valence-corrected chi connectivity index (χ1v) is 6.87. The number of carbonyl (C=O) groups is 2. The van der Waals surface area contributed by atoms with E-state index in [4.69, 9.17) is 10.2 Å². The van der Waals surface area contributed by atoms with Crippen LogP contribution in [0.25, 0.3) is 0 Å². The van der Waals surface area contributed by atoms with Crippen LogP contribution in [0, 0.1) is 0 Å². The second kappa shape index (κ2) is 8.01. The van der Waals surface area contributed by atoms with Crippen LogP contribution in [-0.2, 0) is 24.3 Å². The Bertz CT molecular complexity index is 378. The lowest BCUT2D eigenvalue weighted by atomic mass is 10.2. The number of hydrogen-bond donors (Lipinski definition) is 3. The number of methoxy groups -OCH3 is 1. The van der Waals surface area contributed by atoms with Crippen LogP contribution in [0.3, 0.4) is 0 Å². The zero-order valence-corrected chi connectivity index (χ0v) is 10.8. The summed E-state index contributed by atoms with van der Waals surface area (Å²) in [7, 11) is -2.33. The molecule has 0 spiro atoms. The van der Waals surface area contributed by atoms with E-state index in [1.807, 2.05) is 4.72 Å². The van der Waals surface area contributed by atoms with E-state index in [0.717, 1.165) is 0 Å². The highest BCUT2D eigenvalue weighted by atomic mass is 32.2. The lowest BCUT2D eigenvalue weighted by Crippen LogP contribution is -2.42. The molecule has 106 valence electrons. The molecule has 0 aromatic heterocycles. The second-order valence-electron chi connectivity index (χ2n) is 3.61. The van der Waals surface area contributed by atoms with Gasteiger partial charge < -0.3 is 14.9 Å². The van der Waals surface area contributed by atoms with E-state index in [1.165, 1.54) is 7.11 Å². The maximum Gasteiger partial charge on any atom is 0.321 e. The molecule has 0 saturated heterocycles. The van der Waals surface area contributed by atoms with E-state index in [-0.39, 0.29) is 25.2 Å². The van der Waals surface area contributed by atoms with Gasteiger partial charge in [0.05, 0.1) is 5.75 Å². The number of rotatable bonds is 10. The normalized spacial score (nSPS) is 13.2. The summed E-state index contributed by atoms with van der Waals surface area (Å²) in [6.45, 7) is 0.244. The Labute approximate surface area is 105 Å². The molecule has 9 heteroatoms. The maximum atomic E-state index is 11.5. The average Bonchev–Trinajstić information content (AvgIpc) is 2.23. The fourth-order valence-corrected chi connectivity index (χ4v) is 2.44. The van der Waals surface area contributed by atoms with Crippen molar-refractivity contribution in [3.05, 3.63) is 0 Å². The molecular weight excluding hydrogens is 266 g/mol. The van der Waals surface area contributed by atoms with Crippen molar-refractivity contribution in [3.8, 4) is 0 Å². The standard InChI is InChI=1S/C9H17NO7S/c1-17-5-2-6-18(15,16)10-7(9(13)14)3-4-8(11)12/h7,10H,2-6H2,1H3,(H,11,12)(H,13,14)/t7-/m0/s1. The summed E-state index contributed by atoms with van der Waals surface area (Å²) < 4.78 is 29.6. The SMILES string of the molecule is COCCCS(=O)(=O)N[C@@H](CCC(=O)O)C(=O)O. The molecule has 0 aromatic carbocycles. The highest BCUT2D eigenvalue weighted by Gasteiger charge is 2.24. The van der Waals surface area contributed by atoms with Gasteiger partial charge in [-0.25, -0.2) is 13.1 Å². The van der Waals surface area contributed by atoms with Gasteiger partial charge in [-0.05, 0) is 12.8 Å². The van der Waals surface area contributed by atoms with Crippen LogP contribution in [-0.4, -0.2) is 56.1 Å². The van der Waals surface area contributed by atoms with Crippen LogP contribution in [0.2, 0.25) is 0 Å². The molecule has 0 bridgehead atoms. The first-order chi connectivity index (χ1) is 8.28. The van der Waals surface area contributed by atoms with Crippen LogP contribution >= 0.6 is 0 Å². The number of ether oxygens (including phenoxy) is 1. The molecule has 0 aliphatic heterocycles. The second-order valence-corrected chi connectivity index (χ2v) is 5.48. The number of carboxylic acid groups (broad SMARTS) is 2. The van der Waals surface area contributed by atoms with Crippen molar-refractivity contribution in [2.45, 2.75) is 25.3 Å². The summed E-state index contributed by atoms with van der Waals surface area (Å²) in [4.78, 5) is 21.1. The minimum absolute atomic E-state index is 0.233. The third-order valence-corrected chi connectivity index (χ3v) is 3.50. The van der Waals surface area contributed by atoms with Crippen LogP contribution in [0.15, 0.2) is 0 Å². The van der Waals surface area contributed by atoms with Gasteiger partial charge in [-0.3, -0.25) is 9.59 Å². The van der Waals surface area contributed by atoms with Crippen LogP contribution < -0.4 is 4.72 Å². The first-order valence-electron chi connectivity index (χ1n) is 5.22. The quantitative estimate of drug-likeness (QED) is 0.450. The highest BCUT2D eigenvalue weighted by molar-refractivity contribution is 7.89. The zero-order chi connectivity index (χ0) is 14.2. The Morgan fingerprint density at radius 2 is 1.94 bits per heavy atom. The number of nitrogens with one attached hydrogen (secondary N) is 1. The minimum atomic E-state index is -3.75. The van der Waals surface area contributed by atoms with E-state index in [0.29, 0.717) is 0 Å². The molecule has 0 aliphatic carbocycles. The van der Waals surface area contributed by atoms with Crippen LogP contribution in [0.5, 0.6) is 0 Å². The van der Waals surface area contributed by atoms with Gasteiger partial charge >= 0.3 is 11.9 Å². The van der Waals surface area contributed by atoms with Gasteiger partial charge in [0.1, 0.15) is 6.04 Å². The van der Waals surface area contributed by atoms with Gasteiger partial charge in [-0.1, -0.05) is 0 Å². The van der Waals surface area contributed by atoms with E-state index >= 15 is 0 Å². The fourth-order valence-electron chi connectivity index (χ4n) is 1.17. The minimum Gasteiger partial charge on any atom is -0.481 e.